The third-order valence-corrected chi connectivity index (χ3v) is 1.67. The van der Waals surface area contributed by atoms with E-state index in [0.29, 0.717) is 0 Å². The van der Waals surface area contributed by atoms with Crippen LogP contribution in [0.1, 0.15) is 53.4 Å². The predicted octanol–water partition coefficient (Wildman–Crippen LogP) is 5.30. The first kappa shape index (κ1) is 15.7. The molecule has 0 fully saturated rings. The van der Waals surface area contributed by atoms with Gasteiger partial charge in [-0.3, -0.25) is 0 Å². The smallest absolute Gasteiger partial charge is 0.0564 e. The van der Waals surface area contributed by atoms with Gasteiger partial charge in [0, 0.05) is 0 Å². The van der Waals surface area contributed by atoms with Gasteiger partial charge in [0.05, 0.1) is 0 Å². The van der Waals surface area contributed by atoms with E-state index in [1.165, 1.54) is 25.7 Å². The molecular weight excluding hydrogens is 168 g/mol. The van der Waals surface area contributed by atoms with Gasteiger partial charge < -0.3 is 0 Å². The molecule has 0 saturated heterocycles. The highest BCUT2D eigenvalue weighted by Gasteiger charge is 1.58. The second-order valence-electron chi connectivity index (χ2n) is 3.15. The summed E-state index contributed by atoms with van der Waals surface area (Å²) in [5.74, 6) is 0. The zero-order valence-corrected chi connectivity index (χ0v) is 10.3. The van der Waals surface area contributed by atoms with E-state index >= 15 is 0 Å². The van der Waals surface area contributed by atoms with Crippen LogP contribution >= 0.6 is 0 Å². The molecule has 0 aliphatic heterocycles. The fourth-order valence-corrected chi connectivity index (χ4v) is 0.385. The number of unbranched alkanes of at least 4 members (excludes halogenated alkanes) is 2. The van der Waals surface area contributed by atoms with Crippen LogP contribution in [-0.2, 0) is 0 Å². The van der Waals surface area contributed by atoms with E-state index in [-0.39, 0.29) is 0 Å². The molecule has 0 unspecified atom stereocenters. The van der Waals surface area contributed by atoms with Gasteiger partial charge in [0.2, 0.25) is 0 Å². The summed E-state index contributed by atoms with van der Waals surface area (Å²) in [6.45, 7) is 8.72. The Morgan fingerprint density at radius 2 is 0.571 bits per heavy atom. The molecule has 1 aromatic rings. The van der Waals surface area contributed by atoms with Crippen molar-refractivity contribution in [3.05, 3.63) is 36.4 Å². The fraction of sp³-hybridized carbons (Fsp3) is 0.571. The summed E-state index contributed by atoms with van der Waals surface area (Å²) < 4.78 is 0. The Kier molecular flexibility index (Phi) is 20.3. The molecule has 1 aromatic carbocycles. The van der Waals surface area contributed by atoms with Gasteiger partial charge in [-0.05, 0) is 0 Å². The van der Waals surface area contributed by atoms with Crippen LogP contribution in [0.25, 0.3) is 0 Å². The van der Waals surface area contributed by atoms with Crippen molar-refractivity contribution in [2.75, 3.05) is 0 Å². The topological polar surface area (TPSA) is 0 Å². The quantitative estimate of drug-likeness (QED) is 0.599. The highest BCUT2D eigenvalue weighted by Crippen LogP contribution is 1.80. The summed E-state index contributed by atoms with van der Waals surface area (Å²) >= 11 is 0. The second kappa shape index (κ2) is 18.1. The molecule has 0 nitrogen and oxygen atoms in total. The molecule has 1 rings (SSSR count). The van der Waals surface area contributed by atoms with E-state index in [1.54, 1.807) is 0 Å². The zero-order valence-electron chi connectivity index (χ0n) is 10.3. The highest BCUT2D eigenvalue weighted by molar-refractivity contribution is 4.99. The average Bonchev–Trinajstić information content (AvgIpc) is 2.32. The lowest BCUT2D eigenvalue weighted by Crippen LogP contribution is -1.47. The molecule has 0 radical (unpaired) electrons. The van der Waals surface area contributed by atoms with Gasteiger partial charge in [0.1, 0.15) is 0 Å². The molecule has 0 aromatic heterocycles. The maximum atomic E-state index is 2.18. The van der Waals surface area contributed by atoms with Gasteiger partial charge in [-0.25, -0.2) is 0 Å². The van der Waals surface area contributed by atoms with Crippen LogP contribution in [0.4, 0.5) is 0 Å². The molecule has 0 aliphatic carbocycles. The molecule has 0 heterocycles. The van der Waals surface area contributed by atoms with E-state index < -0.39 is 0 Å². The first-order valence-corrected chi connectivity index (χ1v) is 5.83. The summed E-state index contributed by atoms with van der Waals surface area (Å²) in [4.78, 5) is 0. The van der Waals surface area contributed by atoms with Gasteiger partial charge in [0.15, 0.2) is 0 Å². The highest BCUT2D eigenvalue weighted by atomic mass is 13.6. The molecular formula is C14H26. The van der Waals surface area contributed by atoms with Crippen LogP contribution in [0.3, 0.4) is 0 Å². The van der Waals surface area contributed by atoms with Crippen molar-refractivity contribution in [2.24, 2.45) is 0 Å². The largest absolute Gasteiger partial charge is 0.0654 e. The second-order valence-corrected chi connectivity index (χ2v) is 3.15. The van der Waals surface area contributed by atoms with Crippen molar-refractivity contribution in [1.82, 2.24) is 0 Å². The molecule has 0 atom stereocenters. The molecule has 14 heavy (non-hydrogen) atoms. The lowest BCUT2D eigenvalue weighted by atomic mass is 10.4. The minimum atomic E-state index is 1.32. The van der Waals surface area contributed by atoms with Gasteiger partial charge in [-0.1, -0.05) is 89.8 Å². The monoisotopic (exact) mass is 194 g/mol. The summed E-state index contributed by atoms with van der Waals surface area (Å²) in [5, 5.41) is 0. The van der Waals surface area contributed by atoms with Gasteiger partial charge in [-0.2, -0.15) is 0 Å². The van der Waals surface area contributed by atoms with Crippen molar-refractivity contribution in [2.45, 2.75) is 53.4 Å². The minimum Gasteiger partial charge on any atom is -0.0654 e. The lowest BCUT2D eigenvalue weighted by Gasteiger charge is -1.69. The van der Waals surface area contributed by atoms with Crippen molar-refractivity contribution in [3.8, 4) is 0 Å². The fourth-order valence-electron chi connectivity index (χ4n) is 0.385. The molecule has 82 valence electrons. The molecule has 0 N–H and O–H groups in total. The Morgan fingerprint density at radius 1 is 0.429 bits per heavy atom. The Hall–Kier alpha value is -0.780. The zero-order chi connectivity index (χ0) is 11.1. The van der Waals surface area contributed by atoms with Gasteiger partial charge in [0.25, 0.3) is 0 Å². The number of rotatable bonds is 2. The SMILES string of the molecule is CCCC.CCCC.c1ccccc1. The van der Waals surface area contributed by atoms with Gasteiger partial charge in [-0.15, -0.1) is 0 Å². The molecule has 0 bridgehead atoms. The molecule has 0 aliphatic rings. The van der Waals surface area contributed by atoms with Crippen LogP contribution in [0.5, 0.6) is 0 Å². The molecule has 0 spiro atoms. The van der Waals surface area contributed by atoms with E-state index in [1.807, 2.05) is 36.4 Å². The van der Waals surface area contributed by atoms with Crippen molar-refractivity contribution < 1.29 is 0 Å². The molecule has 0 heteroatoms. The lowest BCUT2D eigenvalue weighted by molar-refractivity contribution is 0.886. The van der Waals surface area contributed by atoms with Crippen LogP contribution in [0, 0.1) is 0 Å². The molecule has 0 saturated carbocycles. The van der Waals surface area contributed by atoms with Crippen LogP contribution < -0.4 is 0 Å². The standard InChI is InChI=1S/C6H6.2C4H10/c1-2-4-6-5-3-1;2*1-3-4-2/h1-6H;2*3-4H2,1-2H3. The third-order valence-electron chi connectivity index (χ3n) is 1.67. The first-order valence-electron chi connectivity index (χ1n) is 5.83. The maximum Gasteiger partial charge on any atom is -0.0564 e. The molecule has 0 amide bonds. The minimum absolute atomic E-state index is 1.32. The summed E-state index contributed by atoms with van der Waals surface area (Å²) in [7, 11) is 0. The Balaban J connectivity index is 0. The predicted molar refractivity (Wildman–Crippen MR) is 67.6 cm³/mol. The van der Waals surface area contributed by atoms with E-state index in [0.717, 1.165) is 0 Å². The van der Waals surface area contributed by atoms with Crippen LogP contribution in [0.2, 0.25) is 0 Å². The number of hydrogen-bond acceptors (Lipinski definition) is 0. The first-order chi connectivity index (χ1) is 6.83. The van der Waals surface area contributed by atoms with Crippen molar-refractivity contribution >= 4 is 0 Å². The Bertz CT molecular complexity index is 109. The van der Waals surface area contributed by atoms with E-state index in [2.05, 4.69) is 27.7 Å². The van der Waals surface area contributed by atoms with E-state index in [4.69, 9.17) is 0 Å². The van der Waals surface area contributed by atoms with E-state index in [9.17, 15) is 0 Å². The van der Waals surface area contributed by atoms with Gasteiger partial charge >= 0.3 is 0 Å². The maximum absolute atomic E-state index is 2.18. The van der Waals surface area contributed by atoms with Crippen molar-refractivity contribution in [1.29, 1.82) is 0 Å². The Morgan fingerprint density at radius 3 is 0.643 bits per heavy atom. The number of benzene rings is 1. The summed E-state index contributed by atoms with van der Waals surface area (Å²) in [6, 6.07) is 12.0. The summed E-state index contributed by atoms with van der Waals surface area (Å²) in [5.41, 5.74) is 0. The third kappa shape index (κ3) is 22.5. The Labute approximate surface area is 90.4 Å². The number of hydrogen-bond donors (Lipinski definition) is 0. The summed E-state index contributed by atoms with van der Waals surface area (Å²) in [6.07, 6.45) is 5.28. The van der Waals surface area contributed by atoms with Crippen LogP contribution in [-0.4, -0.2) is 0 Å². The van der Waals surface area contributed by atoms with Crippen molar-refractivity contribution in [3.63, 3.8) is 0 Å². The van der Waals surface area contributed by atoms with Crippen LogP contribution in [0.15, 0.2) is 36.4 Å². The average molecular weight is 194 g/mol. The normalized spacial score (nSPS) is 7.71.